The standard InChI is InChI=1S/C8H3F2NO/c9-7-2-5(4-12)1-6(3-11)8(7)10/h1-2,4H. The Hall–Kier alpha value is -1.76. The van der Waals surface area contributed by atoms with Gasteiger partial charge in [0.2, 0.25) is 0 Å². The molecule has 1 rings (SSSR count). The first-order valence-corrected chi connectivity index (χ1v) is 3.03. The van der Waals surface area contributed by atoms with Gasteiger partial charge in [0.05, 0.1) is 5.56 Å². The zero-order valence-electron chi connectivity index (χ0n) is 5.84. The van der Waals surface area contributed by atoms with Gasteiger partial charge in [-0.05, 0) is 12.1 Å². The summed E-state index contributed by atoms with van der Waals surface area (Å²) < 4.78 is 25.1. The van der Waals surface area contributed by atoms with Crippen LogP contribution in [0.1, 0.15) is 15.9 Å². The van der Waals surface area contributed by atoms with Gasteiger partial charge in [0.25, 0.3) is 0 Å². The molecule has 0 aliphatic rings. The molecule has 4 heteroatoms. The van der Waals surface area contributed by atoms with Crippen LogP contribution in [0.3, 0.4) is 0 Å². The van der Waals surface area contributed by atoms with E-state index in [0.717, 1.165) is 12.1 Å². The molecule has 0 atom stereocenters. The van der Waals surface area contributed by atoms with Gasteiger partial charge in [0.15, 0.2) is 11.6 Å². The molecule has 0 unspecified atom stereocenters. The molecule has 0 aromatic heterocycles. The monoisotopic (exact) mass is 167 g/mol. The Morgan fingerprint density at radius 3 is 2.58 bits per heavy atom. The van der Waals surface area contributed by atoms with Gasteiger partial charge in [-0.3, -0.25) is 4.79 Å². The Labute approximate surface area is 67.0 Å². The van der Waals surface area contributed by atoms with E-state index in [1.807, 2.05) is 0 Å². The van der Waals surface area contributed by atoms with Crippen LogP contribution in [0.25, 0.3) is 0 Å². The maximum atomic E-state index is 12.6. The van der Waals surface area contributed by atoms with Crippen molar-refractivity contribution in [1.82, 2.24) is 0 Å². The van der Waals surface area contributed by atoms with Crippen molar-refractivity contribution in [3.63, 3.8) is 0 Å². The molecule has 0 radical (unpaired) electrons. The summed E-state index contributed by atoms with van der Waals surface area (Å²) in [7, 11) is 0. The minimum atomic E-state index is -1.22. The van der Waals surface area contributed by atoms with Crippen LogP contribution in [-0.2, 0) is 0 Å². The minimum absolute atomic E-state index is 0.0505. The molecular formula is C8H3F2NO. The van der Waals surface area contributed by atoms with E-state index in [-0.39, 0.29) is 5.56 Å². The Morgan fingerprint density at radius 1 is 1.42 bits per heavy atom. The van der Waals surface area contributed by atoms with Gasteiger partial charge in [-0.1, -0.05) is 0 Å². The van der Waals surface area contributed by atoms with E-state index in [1.54, 1.807) is 0 Å². The van der Waals surface area contributed by atoms with Crippen LogP contribution in [0.5, 0.6) is 0 Å². The SMILES string of the molecule is N#Cc1cc(C=O)cc(F)c1F. The predicted octanol–water partition coefficient (Wildman–Crippen LogP) is 1.65. The molecule has 60 valence electrons. The molecule has 12 heavy (non-hydrogen) atoms. The van der Waals surface area contributed by atoms with Crippen LogP contribution in [-0.4, -0.2) is 6.29 Å². The van der Waals surface area contributed by atoms with E-state index in [1.165, 1.54) is 6.07 Å². The van der Waals surface area contributed by atoms with Crippen molar-refractivity contribution in [3.8, 4) is 6.07 Å². The molecule has 0 heterocycles. The lowest BCUT2D eigenvalue weighted by atomic mass is 10.1. The molecule has 0 saturated heterocycles. The maximum Gasteiger partial charge on any atom is 0.176 e. The van der Waals surface area contributed by atoms with Gasteiger partial charge in [0.1, 0.15) is 12.4 Å². The lowest BCUT2D eigenvalue weighted by Crippen LogP contribution is -1.93. The lowest BCUT2D eigenvalue weighted by Gasteiger charge is -1.95. The molecule has 2 nitrogen and oxygen atoms in total. The number of carbonyl (C=O) groups excluding carboxylic acids is 1. The second-order valence-corrected chi connectivity index (χ2v) is 2.09. The van der Waals surface area contributed by atoms with Crippen LogP contribution in [0.4, 0.5) is 8.78 Å². The molecule has 1 aromatic rings. The molecule has 0 fully saturated rings. The van der Waals surface area contributed by atoms with Gasteiger partial charge < -0.3 is 0 Å². The average Bonchev–Trinajstić information content (AvgIpc) is 2.09. The number of halogens is 2. The average molecular weight is 167 g/mol. The van der Waals surface area contributed by atoms with Gasteiger partial charge in [0, 0.05) is 5.56 Å². The normalized spacial score (nSPS) is 9.08. The zero-order valence-corrected chi connectivity index (χ0v) is 5.84. The fourth-order valence-corrected chi connectivity index (χ4v) is 0.759. The van der Waals surface area contributed by atoms with Crippen molar-refractivity contribution in [1.29, 1.82) is 5.26 Å². The number of carbonyl (C=O) groups is 1. The summed E-state index contributed by atoms with van der Waals surface area (Å²) in [6.07, 6.45) is 0.351. The van der Waals surface area contributed by atoms with E-state index in [0.29, 0.717) is 6.29 Å². The number of hydrogen-bond donors (Lipinski definition) is 0. The Balaban J connectivity index is 3.41. The highest BCUT2D eigenvalue weighted by Crippen LogP contribution is 2.12. The Bertz CT molecular complexity index is 368. The van der Waals surface area contributed by atoms with Crippen molar-refractivity contribution in [2.75, 3.05) is 0 Å². The highest BCUT2D eigenvalue weighted by atomic mass is 19.2. The second-order valence-electron chi connectivity index (χ2n) is 2.09. The first kappa shape index (κ1) is 8.34. The molecule has 1 aromatic carbocycles. The molecule has 0 saturated carbocycles. The van der Waals surface area contributed by atoms with Crippen LogP contribution >= 0.6 is 0 Å². The van der Waals surface area contributed by atoms with E-state index in [9.17, 15) is 13.6 Å². The number of nitrogens with zero attached hydrogens (tertiary/aromatic N) is 1. The van der Waals surface area contributed by atoms with Crippen molar-refractivity contribution in [2.45, 2.75) is 0 Å². The van der Waals surface area contributed by atoms with E-state index >= 15 is 0 Å². The largest absolute Gasteiger partial charge is 0.298 e. The molecule has 0 amide bonds. The Kier molecular flexibility index (Phi) is 2.15. The maximum absolute atomic E-state index is 12.6. The molecular weight excluding hydrogens is 164 g/mol. The van der Waals surface area contributed by atoms with Crippen LogP contribution in [0.15, 0.2) is 12.1 Å². The number of benzene rings is 1. The molecule has 0 aliphatic heterocycles. The van der Waals surface area contributed by atoms with Gasteiger partial charge in [-0.2, -0.15) is 5.26 Å². The number of aldehydes is 1. The Morgan fingerprint density at radius 2 is 2.08 bits per heavy atom. The van der Waals surface area contributed by atoms with Crippen molar-refractivity contribution in [3.05, 3.63) is 34.9 Å². The number of nitriles is 1. The predicted molar refractivity (Wildman–Crippen MR) is 36.5 cm³/mol. The third kappa shape index (κ3) is 1.30. The summed E-state index contributed by atoms with van der Waals surface area (Å²) in [5.41, 5.74) is -0.512. The smallest absolute Gasteiger partial charge is 0.176 e. The molecule has 0 aliphatic carbocycles. The van der Waals surface area contributed by atoms with Crippen molar-refractivity contribution in [2.24, 2.45) is 0 Å². The summed E-state index contributed by atoms with van der Waals surface area (Å²) in [5.74, 6) is -2.40. The quantitative estimate of drug-likeness (QED) is 0.596. The molecule has 0 N–H and O–H groups in total. The van der Waals surface area contributed by atoms with Crippen molar-refractivity contribution >= 4 is 6.29 Å². The molecule has 0 bridgehead atoms. The number of hydrogen-bond acceptors (Lipinski definition) is 2. The summed E-state index contributed by atoms with van der Waals surface area (Å²) in [6, 6.07) is 3.17. The van der Waals surface area contributed by atoms with Crippen LogP contribution < -0.4 is 0 Å². The first-order chi connectivity index (χ1) is 5.69. The second kappa shape index (κ2) is 3.09. The summed E-state index contributed by atoms with van der Waals surface area (Å²) >= 11 is 0. The van der Waals surface area contributed by atoms with Gasteiger partial charge in [-0.25, -0.2) is 8.78 Å². The number of rotatable bonds is 1. The third-order valence-corrected chi connectivity index (χ3v) is 1.31. The first-order valence-electron chi connectivity index (χ1n) is 3.03. The van der Waals surface area contributed by atoms with Gasteiger partial charge in [-0.15, -0.1) is 0 Å². The van der Waals surface area contributed by atoms with E-state index in [4.69, 9.17) is 5.26 Å². The zero-order chi connectivity index (χ0) is 9.14. The van der Waals surface area contributed by atoms with Crippen LogP contribution in [0, 0.1) is 23.0 Å². The third-order valence-electron chi connectivity index (χ3n) is 1.31. The van der Waals surface area contributed by atoms with Crippen LogP contribution in [0.2, 0.25) is 0 Å². The topological polar surface area (TPSA) is 40.9 Å². The fourth-order valence-electron chi connectivity index (χ4n) is 0.759. The fraction of sp³-hybridized carbons (Fsp3) is 0. The molecule has 0 spiro atoms. The summed E-state index contributed by atoms with van der Waals surface area (Å²) in [4.78, 5) is 10.1. The highest BCUT2D eigenvalue weighted by Gasteiger charge is 2.09. The minimum Gasteiger partial charge on any atom is -0.298 e. The van der Waals surface area contributed by atoms with Crippen molar-refractivity contribution < 1.29 is 13.6 Å². The summed E-state index contributed by atoms with van der Waals surface area (Å²) in [6.45, 7) is 0. The highest BCUT2D eigenvalue weighted by molar-refractivity contribution is 5.75. The van der Waals surface area contributed by atoms with E-state index < -0.39 is 17.2 Å². The lowest BCUT2D eigenvalue weighted by molar-refractivity contribution is 0.112. The van der Waals surface area contributed by atoms with E-state index in [2.05, 4.69) is 0 Å². The summed E-state index contributed by atoms with van der Waals surface area (Å²) in [5, 5.41) is 8.29. The van der Waals surface area contributed by atoms with Gasteiger partial charge >= 0.3 is 0 Å².